The second-order valence-corrected chi connectivity index (χ2v) is 4.77. The van der Waals surface area contributed by atoms with Gasteiger partial charge in [-0.1, -0.05) is 12.8 Å². The summed E-state index contributed by atoms with van der Waals surface area (Å²) in [4.78, 5) is 16.3. The highest BCUT2D eigenvalue weighted by Crippen LogP contribution is 2.38. The zero-order chi connectivity index (χ0) is 10.3. The number of aromatic nitrogens is 2. The highest BCUT2D eigenvalue weighted by Gasteiger charge is 2.26. The predicted molar refractivity (Wildman–Crippen MR) is 58.0 cm³/mol. The normalized spacial score (nSPS) is 22.1. The van der Waals surface area contributed by atoms with Crippen LogP contribution < -0.4 is 5.56 Å². The first-order valence-corrected chi connectivity index (χ1v) is 5.92. The zero-order valence-electron chi connectivity index (χ0n) is 8.85. The van der Waals surface area contributed by atoms with Gasteiger partial charge in [-0.3, -0.25) is 9.36 Å². The van der Waals surface area contributed by atoms with Gasteiger partial charge in [0.25, 0.3) is 5.56 Å². The average molecular weight is 204 g/mol. The lowest BCUT2D eigenvalue weighted by Gasteiger charge is -2.12. The molecule has 1 heterocycles. The van der Waals surface area contributed by atoms with Crippen molar-refractivity contribution in [2.45, 2.75) is 50.5 Å². The van der Waals surface area contributed by atoms with Crippen LogP contribution in [0.1, 0.15) is 56.2 Å². The van der Waals surface area contributed by atoms with E-state index >= 15 is 0 Å². The maximum Gasteiger partial charge on any atom is 0.253 e. The maximum absolute atomic E-state index is 11.9. The quantitative estimate of drug-likeness (QED) is 0.740. The molecule has 0 bridgehead atoms. The van der Waals surface area contributed by atoms with Crippen LogP contribution in [0, 0.1) is 0 Å². The Bertz CT molecular complexity index is 414. The summed E-state index contributed by atoms with van der Waals surface area (Å²) in [6.45, 7) is 0. The molecule has 0 unspecified atom stereocenters. The number of hydrogen-bond acceptors (Lipinski definition) is 2. The van der Waals surface area contributed by atoms with Gasteiger partial charge in [0.2, 0.25) is 0 Å². The summed E-state index contributed by atoms with van der Waals surface area (Å²) in [7, 11) is 0. The van der Waals surface area contributed by atoms with Crippen molar-refractivity contribution in [2.24, 2.45) is 0 Å². The van der Waals surface area contributed by atoms with Crippen LogP contribution >= 0.6 is 0 Å². The summed E-state index contributed by atoms with van der Waals surface area (Å²) in [6.07, 6.45) is 8.98. The minimum atomic E-state index is 0.152. The van der Waals surface area contributed by atoms with Gasteiger partial charge >= 0.3 is 0 Å². The van der Waals surface area contributed by atoms with Crippen LogP contribution in [-0.4, -0.2) is 9.55 Å². The second-order valence-electron chi connectivity index (χ2n) is 4.77. The van der Waals surface area contributed by atoms with Crippen molar-refractivity contribution >= 4 is 0 Å². The molecular formula is C12H16N2O. The van der Waals surface area contributed by atoms with Gasteiger partial charge in [-0.2, -0.15) is 0 Å². The third-order valence-electron chi connectivity index (χ3n) is 3.57. The molecule has 0 atom stereocenters. The molecule has 1 aromatic heterocycles. The molecular weight excluding hydrogens is 188 g/mol. The van der Waals surface area contributed by atoms with E-state index < -0.39 is 0 Å². The molecule has 1 aromatic rings. The van der Waals surface area contributed by atoms with E-state index in [1.165, 1.54) is 25.7 Å². The summed E-state index contributed by atoms with van der Waals surface area (Å²) in [5.41, 5.74) is 1.16. The van der Waals surface area contributed by atoms with Gasteiger partial charge in [-0.15, -0.1) is 0 Å². The van der Waals surface area contributed by atoms with E-state index in [0.29, 0.717) is 12.0 Å². The minimum absolute atomic E-state index is 0.152. The van der Waals surface area contributed by atoms with Gasteiger partial charge in [0, 0.05) is 18.0 Å². The van der Waals surface area contributed by atoms with Crippen molar-refractivity contribution in [1.82, 2.24) is 9.55 Å². The van der Waals surface area contributed by atoms with E-state index in [0.717, 1.165) is 18.5 Å². The van der Waals surface area contributed by atoms with Crippen molar-refractivity contribution in [1.29, 1.82) is 0 Å². The predicted octanol–water partition coefficient (Wildman–Crippen LogP) is 2.24. The molecule has 2 fully saturated rings. The average Bonchev–Trinajstić information content (AvgIpc) is 2.95. The summed E-state index contributed by atoms with van der Waals surface area (Å²) < 4.78 is 1.83. The van der Waals surface area contributed by atoms with E-state index in [2.05, 4.69) is 4.98 Å². The van der Waals surface area contributed by atoms with E-state index in [1.54, 1.807) is 12.4 Å². The molecule has 0 radical (unpaired) electrons. The van der Waals surface area contributed by atoms with Crippen LogP contribution in [-0.2, 0) is 0 Å². The highest BCUT2D eigenvalue weighted by atomic mass is 16.1. The topological polar surface area (TPSA) is 34.9 Å². The Morgan fingerprint density at radius 3 is 2.53 bits per heavy atom. The van der Waals surface area contributed by atoms with Gasteiger partial charge in [0.05, 0.1) is 12.0 Å². The molecule has 3 rings (SSSR count). The Balaban J connectivity index is 1.91. The Morgan fingerprint density at radius 1 is 1.20 bits per heavy atom. The molecule has 0 saturated heterocycles. The Kier molecular flexibility index (Phi) is 2.11. The van der Waals surface area contributed by atoms with Crippen LogP contribution in [0.5, 0.6) is 0 Å². The van der Waals surface area contributed by atoms with Gasteiger partial charge in [-0.05, 0) is 25.7 Å². The third-order valence-corrected chi connectivity index (χ3v) is 3.57. The SMILES string of the molecule is O=c1cc(C2CC2)ncn1C1CCCC1. The molecule has 2 aliphatic carbocycles. The first kappa shape index (κ1) is 9.13. The van der Waals surface area contributed by atoms with Crippen molar-refractivity contribution in [3.8, 4) is 0 Å². The van der Waals surface area contributed by atoms with Crippen LogP contribution in [0.2, 0.25) is 0 Å². The molecule has 15 heavy (non-hydrogen) atoms. The van der Waals surface area contributed by atoms with Gasteiger partial charge < -0.3 is 0 Å². The molecule has 2 aliphatic rings. The fourth-order valence-electron chi connectivity index (χ4n) is 2.48. The van der Waals surface area contributed by atoms with Gasteiger partial charge in [0.15, 0.2) is 0 Å². The molecule has 80 valence electrons. The fraction of sp³-hybridized carbons (Fsp3) is 0.667. The summed E-state index contributed by atoms with van der Waals surface area (Å²) in [5, 5.41) is 0. The van der Waals surface area contributed by atoms with E-state index in [1.807, 2.05) is 4.57 Å². The Morgan fingerprint density at radius 2 is 1.93 bits per heavy atom. The van der Waals surface area contributed by atoms with Crippen LogP contribution in [0.3, 0.4) is 0 Å². The van der Waals surface area contributed by atoms with E-state index in [4.69, 9.17) is 0 Å². The number of hydrogen-bond donors (Lipinski definition) is 0. The molecule has 0 amide bonds. The number of nitrogens with zero attached hydrogens (tertiary/aromatic N) is 2. The van der Waals surface area contributed by atoms with Crippen LogP contribution in [0.4, 0.5) is 0 Å². The fourth-order valence-corrected chi connectivity index (χ4v) is 2.48. The summed E-state index contributed by atoms with van der Waals surface area (Å²) in [6, 6.07) is 2.16. The molecule has 2 saturated carbocycles. The first-order valence-electron chi connectivity index (χ1n) is 5.92. The van der Waals surface area contributed by atoms with Crippen molar-refractivity contribution in [2.75, 3.05) is 0 Å². The van der Waals surface area contributed by atoms with E-state index in [9.17, 15) is 4.79 Å². The summed E-state index contributed by atoms with van der Waals surface area (Å²) in [5.74, 6) is 0.580. The second kappa shape index (κ2) is 3.47. The van der Waals surface area contributed by atoms with Gasteiger partial charge in [0.1, 0.15) is 0 Å². The lowest BCUT2D eigenvalue weighted by Crippen LogP contribution is -2.23. The standard InChI is InChI=1S/C12H16N2O/c15-12-7-11(9-5-6-9)13-8-14(12)10-3-1-2-4-10/h7-10H,1-6H2. The molecule has 3 heteroatoms. The minimum Gasteiger partial charge on any atom is -0.296 e. The smallest absolute Gasteiger partial charge is 0.253 e. The van der Waals surface area contributed by atoms with E-state index in [-0.39, 0.29) is 5.56 Å². The number of rotatable bonds is 2. The zero-order valence-corrected chi connectivity index (χ0v) is 8.85. The lowest BCUT2D eigenvalue weighted by molar-refractivity contribution is 0.493. The lowest BCUT2D eigenvalue weighted by atomic mass is 10.2. The molecule has 0 N–H and O–H groups in total. The first-order chi connectivity index (χ1) is 7.34. The van der Waals surface area contributed by atoms with Crippen molar-refractivity contribution in [3.05, 3.63) is 28.4 Å². The van der Waals surface area contributed by atoms with Crippen LogP contribution in [0.15, 0.2) is 17.2 Å². The van der Waals surface area contributed by atoms with Crippen LogP contribution in [0.25, 0.3) is 0 Å². The Hall–Kier alpha value is -1.12. The van der Waals surface area contributed by atoms with Gasteiger partial charge in [-0.25, -0.2) is 4.98 Å². The molecule has 3 nitrogen and oxygen atoms in total. The third kappa shape index (κ3) is 1.71. The summed E-state index contributed by atoms with van der Waals surface area (Å²) >= 11 is 0. The molecule has 0 aromatic carbocycles. The molecule has 0 aliphatic heterocycles. The monoisotopic (exact) mass is 204 g/mol. The molecule has 0 spiro atoms. The van der Waals surface area contributed by atoms with Crippen molar-refractivity contribution < 1.29 is 0 Å². The Labute approximate surface area is 89.2 Å². The maximum atomic E-state index is 11.9. The van der Waals surface area contributed by atoms with Crippen molar-refractivity contribution in [3.63, 3.8) is 0 Å². The largest absolute Gasteiger partial charge is 0.296 e. The highest BCUT2D eigenvalue weighted by molar-refractivity contribution is 5.12.